The number of hydrogen-bond acceptors (Lipinski definition) is 5. The number of urea groups is 1. The van der Waals surface area contributed by atoms with Gasteiger partial charge >= 0.3 is 6.03 Å². The molecule has 158 valence electrons. The summed E-state index contributed by atoms with van der Waals surface area (Å²) in [7, 11) is 0. The highest BCUT2D eigenvalue weighted by Crippen LogP contribution is 2.33. The number of oxime groups is 1. The van der Waals surface area contributed by atoms with Crippen LogP contribution in [0.3, 0.4) is 0 Å². The molecule has 1 atom stereocenters. The highest BCUT2D eigenvalue weighted by molar-refractivity contribution is 6.30. The van der Waals surface area contributed by atoms with Gasteiger partial charge in [-0.3, -0.25) is 0 Å². The van der Waals surface area contributed by atoms with Gasteiger partial charge in [0, 0.05) is 29.6 Å². The Morgan fingerprint density at radius 2 is 2.07 bits per heavy atom. The van der Waals surface area contributed by atoms with Crippen LogP contribution in [-0.4, -0.2) is 42.1 Å². The summed E-state index contributed by atoms with van der Waals surface area (Å²) in [6, 6.07) is 13.1. The molecule has 0 radical (unpaired) electrons. The van der Waals surface area contributed by atoms with Crippen LogP contribution in [0.2, 0.25) is 5.02 Å². The molecule has 0 bridgehead atoms. The molecule has 2 aromatic carbocycles. The minimum absolute atomic E-state index is 0.0318. The first-order valence-electron chi connectivity index (χ1n) is 9.90. The lowest BCUT2D eigenvalue weighted by Gasteiger charge is -2.26. The standard InChI is InChI=1S/C22H24ClN3O4/c1-14(2)24-22(27)26(11-15-4-3-5-17(23)8-15)12-18-10-19(25-30-18)16-6-7-20-21(9-16)29-13-28-20/h3-9,14,18H,10-13H2,1-2H3,(H,24,27). The first-order chi connectivity index (χ1) is 14.5. The van der Waals surface area contributed by atoms with Gasteiger partial charge in [-0.05, 0) is 49.7 Å². The second kappa shape index (κ2) is 8.83. The number of halogens is 1. The first kappa shape index (κ1) is 20.3. The van der Waals surface area contributed by atoms with Gasteiger partial charge in [-0.15, -0.1) is 0 Å². The number of amides is 2. The van der Waals surface area contributed by atoms with Gasteiger partial charge in [-0.25, -0.2) is 4.79 Å². The van der Waals surface area contributed by atoms with Crippen molar-refractivity contribution in [1.82, 2.24) is 10.2 Å². The lowest BCUT2D eigenvalue weighted by atomic mass is 10.0. The maximum absolute atomic E-state index is 12.8. The van der Waals surface area contributed by atoms with Crippen LogP contribution in [0.1, 0.15) is 31.4 Å². The zero-order valence-corrected chi connectivity index (χ0v) is 17.7. The van der Waals surface area contributed by atoms with E-state index >= 15 is 0 Å². The minimum Gasteiger partial charge on any atom is -0.454 e. The smallest absolute Gasteiger partial charge is 0.318 e. The molecule has 2 aliphatic heterocycles. The molecule has 4 rings (SSSR count). The zero-order chi connectivity index (χ0) is 21.1. The van der Waals surface area contributed by atoms with Crippen molar-refractivity contribution >= 4 is 23.3 Å². The van der Waals surface area contributed by atoms with E-state index in [1.165, 1.54) is 0 Å². The van der Waals surface area contributed by atoms with Crippen LogP contribution >= 0.6 is 11.6 Å². The number of carbonyl (C=O) groups is 1. The van der Waals surface area contributed by atoms with Gasteiger partial charge in [0.2, 0.25) is 6.79 Å². The second-order valence-corrected chi connectivity index (χ2v) is 8.09. The quantitative estimate of drug-likeness (QED) is 0.747. The SMILES string of the molecule is CC(C)NC(=O)N(Cc1cccc(Cl)c1)CC1CC(c2ccc3c(c2)OCO3)=NO1. The van der Waals surface area contributed by atoms with E-state index in [1.807, 2.05) is 56.3 Å². The fourth-order valence-corrected chi connectivity index (χ4v) is 3.64. The summed E-state index contributed by atoms with van der Waals surface area (Å²) >= 11 is 6.11. The van der Waals surface area contributed by atoms with Crippen molar-refractivity contribution in [2.45, 2.75) is 39.0 Å². The third-order valence-corrected chi connectivity index (χ3v) is 5.06. The molecule has 0 fully saturated rings. The third-order valence-electron chi connectivity index (χ3n) is 4.82. The Labute approximate surface area is 180 Å². The molecule has 7 nitrogen and oxygen atoms in total. The zero-order valence-electron chi connectivity index (χ0n) is 16.9. The van der Waals surface area contributed by atoms with Crippen LogP contribution in [-0.2, 0) is 11.4 Å². The van der Waals surface area contributed by atoms with Crippen molar-refractivity contribution in [2.75, 3.05) is 13.3 Å². The Bertz CT molecular complexity index is 963. The first-order valence-corrected chi connectivity index (χ1v) is 10.3. The van der Waals surface area contributed by atoms with Gasteiger partial charge in [0.05, 0.1) is 12.3 Å². The van der Waals surface area contributed by atoms with Gasteiger partial charge in [0.1, 0.15) is 0 Å². The summed E-state index contributed by atoms with van der Waals surface area (Å²) in [5.74, 6) is 1.44. The number of hydrogen-bond donors (Lipinski definition) is 1. The van der Waals surface area contributed by atoms with Crippen molar-refractivity contribution in [3.63, 3.8) is 0 Å². The van der Waals surface area contributed by atoms with E-state index in [0.29, 0.717) is 30.3 Å². The van der Waals surface area contributed by atoms with E-state index < -0.39 is 0 Å². The third kappa shape index (κ3) is 4.79. The summed E-state index contributed by atoms with van der Waals surface area (Å²) in [5, 5.41) is 7.84. The molecule has 1 N–H and O–H groups in total. The van der Waals surface area contributed by atoms with Crippen LogP contribution in [0.5, 0.6) is 11.5 Å². The van der Waals surface area contributed by atoms with Crippen molar-refractivity contribution in [2.24, 2.45) is 5.16 Å². The molecule has 2 heterocycles. The van der Waals surface area contributed by atoms with E-state index in [2.05, 4.69) is 10.5 Å². The van der Waals surface area contributed by atoms with Gasteiger partial charge < -0.3 is 24.5 Å². The maximum Gasteiger partial charge on any atom is 0.318 e. The summed E-state index contributed by atoms with van der Waals surface area (Å²) in [6.45, 7) is 4.93. The highest BCUT2D eigenvalue weighted by Gasteiger charge is 2.28. The molecule has 0 spiro atoms. The highest BCUT2D eigenvalue weighted by atomic mass is 35.5. The summed E-state index contributed by atoms with van der Waals surface area (Å²) in [4.78, 5) is 20.2. The summed E-state index contributed by atoms with van der Waals surface area (Å²) in [5.41, 5.74) is 2.70. The van der Waals surface area contributed by atoms with Crippen LogP contribution in [0.25, 0.3) is 0 Å². The average Bonchev–Trinajstić information content (AvgIpc) is 3.35. The molecule has 2 aromatic rings. The molecule has 2 amide bonds. The van der Waals surface area contributed by atoms with Crippen LogP contribution in [0.4, 0.5) is 4.79 Å². The molecule has 8 heteroatoms. The lowest BCUT2D eigenvalue weighted by molar-refractivity contribution is 0.0586. The Balaban J connectivity index is 1.43. The van der Waals surface area contributed by atoms with Gasteiger partial charge in [0.15, 0.2) is 17.6 Å². The Morgan fingerprint density at radius 1 is 1.23 bits per heavy atom. The van der Waals surface area contributed by atoms with Crippen molar-refractivity contribution in [3.05, 3.63) is 58.6 Å². The Hall–Kier alpha value is -2.93. The number of carbonyl (C=O) groups excluding carboxylic acids is 1. The van der Waals surface area contributed by atoms with Crippen LogP contribution in [0, 0.1) is 0 Å². The Kier molecular flexibility index (Phi) is 5.99. The number of nitrogens with one attached hydrogen (secondary N) is 1. The van der Waals surface area contributed by atoms with E-state index in [0.717, 1.165) is 22.6 Å². The van der Waals surface area contributed by atoms with E-state index in [1.54, 1.807) is 4.90 Å². The molecule has 30 heavy (non-hydrogen) atoms. The lowest BCUT2D eigenvalue weighted by Crippen LogP contribution is -2.45. The number of benzene rings is 2. The van der Waals surface area contributed by atoms with E-state index in [4.69, 9.17) is 25.9 Å². The van der Waals surface area contributed by atoms with Gasteiger partial charge in [-0.1, -0.05) is 28.9 Å². The number of rotatable bonds is 6. The fourth-order valence-electron chi connectivity index (χ4n) is 3.43. The van der Waals surface area contributed by atoms with E-state index in [9.17, 15) is 4.79 Å². The number of ether oxygens (including phenoxy) is 2. The van der Waals surface area contributed by atoms with Gasteiger partial charge in [-0.2, -0.15) is 0 Å². The van der Waals surface area contributed by atoms with E-state index in [-0.39, 0.29) is 25.0 Å². The predicted molar refractivity (Wildman–Crippen MR) is 114 cm³/mol. The fraction of sp³-hybridized carbons (Fsp3) is 0.364. The van der Waals surface area contributed by atoms with Crippen LogP contribution in [0.15, 0.2) is 47.6 Å². The average molecular weight is 430 g/mol. The molecule has 0 saturated carbocycles. The number of nitrogens with zero attached hydrogens (tertiary/aromatic N) is 2. The topological polar surface area (TPSA) is 72.4 Å². The molecule has 1 unspecified atom stereocenters. The molecular weight excluding hydrogens is 406 g/mol. The van der Waals surface area contributed by atoms with Crippen molar-refractivity contribution in [1.29, 1.82) is 0 Å². The van der Waals surface area contributed by atoms with Gasteiger partial charge in [0.25, 0.3) is 0 Å². The molecule has 0 aromatic heterocycles. The monoisotopic (exact) mass is 429 g/mol. The normalized spacial score (nSPS) is 16.9. The molecule has 0 saturated heterocycles. The minimum atomic E-state index is -0.234. The molecular formula is C22H24ClN3O4. The maximum atomic E-state index is 12.8. The largest absolute Gasteiger partial charge is 0.454 e. The molecule has 2 aliphatic rings. The van der Waals surface area contributed by atoms with Crippen molar-refractivity contribution < 1.29 is 19.1 Å². The number of fused-ring (bicyclic) bond motifs is 1. The van der Waals surface area contributed by atoms with Crippen molar-refractivity contribution in [3.8, 4) is 11.5 Å². The summed E-state index contributed by atoms with van der Waals surface area (Å²) in [6.07, 6.45) is 0.364. The summed E-state index contributed by atoms with van der Waals surface area (Å²) < 4.78 is 10.8. The second-order valence-electron chi connectivity index (χ2n) is 7.65. The molecule has 0 aliphatic carbocycles. The van der Waals surface area contributed by atoms with Crippen LogP contribution < -0.4 is 14.8 Å². The Morgan fingerprint density at radius 3 is 2.87 bits per heavy atom. The predicted octanol–water partition coefficient (Wildman–Crippen LogP) is 4.18.